The molecule has 0 aromatic rings. The van der Waals surface area contributed by atoms with E-state index < -0.39 is 0 Å². The van der Waals surface area contributed by atoms with Crippen LogP contribution in [0.1, 0.15) is 27.2 Å². The van der Waals surface area contributed by atoms with Crippen molar-refractivity contribution in [2.75, 3.05) is 13.2 Å². The molecule has 0 atom stereocenters. The molecule has 5 heteroatoms. The van der Waals surface area contributed by atoms with Gasteiger partial charge in [0.25, 0.3) is 5.17 Å². The van der Waals surface area contributed by atoms with Crippen molar-refractivity contribution in [3.63, 3.8) is 0 Å². The molecule has 0 heterocycles. The number of rotatable bonds is 5. The first-order chi connectivity index (χ1) is 6.99. The van der Waals surface area contributed by atoms with Gasteiger partial charge in [0.2, 0.25) is 0 Å². The highest BCUT2D eigenvalue weighted by Crippen LogP contribution is 2.03. The number of allylic oxidation sites excluding steroid dienone is 1. The quantitative estimate of drug-likeness (QED) is 0.428. The standard InChI is InChI=1S/C10H17NO3S/c1-4-5-11-10(15)14-6-9(7(2)12)8(3)13/h12H,4-6H2,1-3H3,(H,11,15). The largest absolute Gasteiger partial charge is 0.512 e. The van der Waals surface area contributed by atoms with E-state index in [9.17, 15) is 9.90 Å². The highest BCUT2D eigenvalue weighted by Gasteiger charge is 2.09. The fraction of sp³-hybridized carbons (Fsp3) is 0.600. The lowest BCUT2D eigenvalue weighted by Gasteiger charge is -2.10. The molecule has 0 spiro atoms. The fourth-order valence-corrected chi connectivity index (χ4v) is 1.04. The Bertz CT molecular complexity index is 270. The number of ketones is 1. The molecular weight excluding hydrogens is 214 g/mol. The predicted octanol–water partition coefficient (Wildman–Crippen LogP) is 1.71. The lowest BCUT2D eigenvalue weighted by molar-refractivity contribution is -0.114. The van der Waals surface area contributed by atoms with Crippen molar-refractivity contribution in [3.05, 3.63) is 11.3 Å². The van der Waals surface area contributed by atoms with E-state index >= 15 is 0 Å². The summed E-state index contributed by atoms with van der Waals surface area (Å²) in [6, 6.07) is 0. The zero-order valence-corrected chi connectivity index (χ0v) is 10.1. The number of hydrogen-bond donors (Lipinski definition) is 2. The van der Waals surface area contributed by atoms with Gasteiger partial charge in [-0.05, 0) is 32.5 Å². The van der Waals surface area contributed by atoms with Crippen LogP contribution in [0.3, 0.4) is 0 Å². The fourth-order valence-electron chi connectivity index (χ4n) is 0.877. The number of carbonyl (C=O) groups is 1. The number of aliphatic hydroxyl groups excluding tert-OH is 1. The van der Waals surface area contributed by atoms with E-state index in [2.05, 4.69) is 5.32 Å². The molecule has 0 unspecified atom stereocenters. The Hall–Kier alpha value is -1.10. The number of nitrogens with one attached hydrogen (secondary N) is 1. The van der Waals surface area contributed by atoms with Crippen molar-refractivity contribution in [1.82, 2.24) is 5.32 Å². The van der Waals surface area contributed by atoms with Crippen molar-refractivity contribution in [3.8, 4) is 0 Å². The monoisotopic (exact) mass is 231 g/mol. The number of carbonyl (C=O) groups excluding carboxylic acids is 1. The molecule has 0 radical (unpaired) electrons. The molecule has 0 aromatic carbocycles. The van der Waals surface area contributed by atoms with Gasteiger partial charge >= 0.3 is 0 Å². The summed E-state index contributed by atoms with van der Waals surface area (Å²) in [5.74, 6) is -0.242. The van der Waals surface area contributed by atoms with Crippen LogP contribution in [0.4, 0.5) is 0 Å². The minimum absolute atomic E-state index is 0.00716. The maximum Gasteiger partial charge on any atom is 0.256 e. The van der Waals surface area contributed by atoms with Gasteiger partial charge in [-0.1, -0.05) is 6.92 Å². The summed E-state index contributed by atoms with van der Waals surface area (Å²) in [5.41, 5.74) is 0.246. The summed E-state index contributed by atoms with van der Waals surface area (Å²) in [6.07, 6.45) is 0.942. The van der Waals surface area contributed by atoms with Crippen LogP contribution in [-0.2, 0) is 9.53 Å². The van der Waals surface area contributed by atoms with Crippen LogP contribution in [-0.4, -0.2) is 29.2 Å². The molecule has 0 saturated heterocycles. The predicted molar refractivity (Wildman–Crippen MR) is 62.9 cm³/mol. The summed E-state index contributed by atoms with van der Waals surface area (Å²) >= 11 is 4.86. The topological polar surface area (TPSA) is 58.6 Å². The van der Waals surface area contributed by atoms with E-state index in [1.54, 1.807) is 0 Å². The molecular formula is C10H17NO3S. The molecule has 86 valence electrons. The normalized spacial score (nSPS) is 11.7. The molecule has 15 heavy (non-hydrogen) atoms. The first-order valence-electron chi connectivity index (χ1n) is 4.79. The Morgan fingerprint density at radius 2 is 2.07 bits per heavy atom. The lowest BCUT2D eigenvalue weighted by atomic mass is 10.2. The number of hydrogen-bond acceptors (Lipinski definition) is 4. The molecule has 0 saturated carbocycles. The molecule has 0 aliphatic carbocycles. The second-order valence-corrected chi connectivity index (χ2v) is 3.49. The van der Waals surface area contributed by atoms with Crippen LogP contribution in [0.5, 0.6) is 0 Å². The third-order valence-electron chi connectivity index (χ3n) is 1.73. The average molecular weight is 231 g/mol. The molecule has 0 fully saturated rings. The van der Waals surface area contributed by atoms with Gasteiger partial charge in [0.05, 0.1) is 11.3 Å². The Balaban J connectivity index is 4.08. The van der Waals surface area contributed by atoms with Crippen molar-refractivity contribution < 1.29 is 14.6 Å². The summed E-state index contributed by atoms with van der Waals surface area (Å²) in [7, 11) is 0. The van der Waals surface area contributed by atoms with Gasteiger partial charge in [0, 0.05) is 6.54 Å². The highest BCUT2D eigenvalue weighted by molar-refractivity contribution is 7.80. The minimum Gasteiger partial charge on any atom is -0.512 e. The highest BCUT2D eigenvalue weighted by atomic mass is 32.1. The van der Waals surface area contributed by atoms with Gasteiger partial charge in [-0.15, -0.1) is 0 Å². The van der Waals surface area contributed by atoms with E-state index in [1.165, 1.54) is 13.8 Å². The van der Waals surface area contributed by atoms with Gasteiger partial charge in [-0.25, -0.2) is 0 Å². The zero-order valence-electron chi connectivity index (χ0n) is 9.29. The van der Waals surface area contributed by atoms with E-state index in [1.807, 2.05) is 6.92 Å². The van der Waals surface area contributed by atoms with Crippen LogP contribution in [0.15, 0.2) is 11.3 Å². The van der Waals surface area contributed by atoms with Crippen molar-refractivity contribution in [1.29, 1.82) is 0 Å². The van der Waals surface area contributed by atoms with Crippen molar-refractivity contribution in [2.24, 2.45) is 0 Å². The van der Waals surface area contributed by atoms with Crippen LogP contribution < -0.4 is 5.32 Å². The smallest absolute Gasteiger partial charge is 0.256 e. The lowest BCUT2D eigenvalue weighted by Crippen LogP contribution is -2.26. The van der Waals surface area contributed by atoms with E-state index in [0.29, 0.717) is 0 Å². The second-order valence-electron chi connectivity index (χ2n) is 3.12. The third kappa shape index (κ3) is 6.06. The number of aliphatic hydroxyl groups is 1. The van der Waals surface area contributed by atoms with E-state index in [4.69, 9.17) is 17.0 Å². The third-order valence-corrected chi connectivity index (χ3v) is 1.99. The van der Waals surface area contributed by atoms with Gasteiger partial charge in [0.15, 0.2) is 5.78 Å². The van der Waals surface area contributed by atoms with E-state index in [0.717, 1.165) is 13.0 Å². The maximum absolute atomic E-state index is 11.1. The van der Waals surface area contributed by atoms with Crippen LogP contribution >= 0.6 is 12.2 Å². The molecule has 0 aromatic heterocycles. The first-order valence-corrected chi connectivity index (χ1v) is 5.20. The number of thiocarbonyl (C=S) groups is 1. The second kappa shape index (κ2) is 7.23. The molecule has 2 N–H and O–H groups in total. The molecule has 0 amide bonds. The summed E-state index contributed by atoms with van der Waals surface area (Å²) < 4.78 is 5.11. The first kappa shape index (κ1) is 13.9. The summed E-state index contributed by atoms with van der Waals surface area (Å²) in [5, 5.41) is 12.3. The summed E-state index contributed by atoms with van der Waals surface area (Å²) in [4.78, 5) is 11.1. The maximum atomic E-state index is 11.1. The molecule has 0 aliphatic heterocycles. The minimum atomic E-state index is -0.215. The van der Waals surface area contributed by atoms with Gasteiger partial charge in [-0.3, -0.25) is 4.79 Å². The van der Waals surface area contributed by atoms with Gasteiger partial charge < -0.3 is 15.2 Å². The Kier molecular flexibility index (Phi) is 6.70. The molecule has 4 nitrogen and oxygen atoms in total. The number of ether oxygens (including phenoxy) is 1. The van der Waals surface area contributed by atoms with Gasteiger partial charge in [-0.2, -0.15) is 0 Å². The van der Waals surface area contributed by atoms with E-state index in [-0.39, 0.29) is 28.9 Å². The van der Waals surface area contributed by atoms with Gasteiger partial charge in [0.1, 0.15) is 6.61 Å². The molecule has 0 aliphatic rings. The Morgan fingerprint density at radius 1 is 1.47 bits per heavy atom. The molecule has 0 rings (SSSR count). The van der Waals surface area contributed by atoms with Crippen molar-refractivity contribution >= 4 is 23.2 Å². The number of Topliss-reactive ketones (excluding diaryl/α,β-unsaturated/α-hetero) is 1. The average Bonchev–Trinajstić information content (AvgIpc) is 2.13. The van der Waals surface area contributed by atoms with Crippen LogP contribution in [0, 0.1) is 0 Å². The Labute approximate surface area is 95.3 Å². The SMILES string of the molecule is CCCNC(=S)OCC(C(C)=O)=C(C)O. The zero-order chi connectivity index (χ0) is 11.8. The van der Waals surface area contributed by atoms with Crippen LogP contribution in [0.2, 0.25) is 0 Å². The van der Waals surface area contributed by atoms with Crippen molar-refractivity contribution in [2.45, 2.75) is 27.2 Å². The molecule has 0 bridgehead atoms. The Morgan fingerprint density at radius 3 is 2.47 bits per heavy atom. The van der Waals surface area contributed by atoms with Crippen LogP contribution in [0.25, 0.3) is 0 Å². The summed E-state index contributed by atoms with van der Waals surface area (Å²) in [6.45, 7) is 5.57.